The summed E-state index contributed by atoms with van der Waals surface area (Å²) in [5.74, 6) is -0.812. The molecule has 0 unspecified atom stereocenters. The lowest BCUT2D eigenvalue weighted by atomic mass is 10.1. The number of nitrogens with one attached hydrogen (secondary N) is 1. The number of ether oxygens (including phenoxy) is 3. The molecule has 0 radical (unpaired) electrons. The smallest absolute Gasteiger partial charge is 0.350 e. The summed E-state index contributed by atoms with van der Waals surface area (Å²) in [6.07, 6.45) is 0.716. The summed E-state index contributed by atoms with van der Waals surface area (Å²) in [5.41, 5.74) is 2.52. The van der Waals surface area contributed by atoms with E-state index in [1.54, 1.807) is 26.2 Å². The minimum absolute atomic E-state index is 0.166. The summed E-state index contributed by atoms with van der Waals surface area (Å²) < 4.78 is 15.4. The predicted molar refractivity (Wildman–Crippen MR) is 128 cm³/mol. The molecule has 0 saturated carbocycles. The van der Waals surface area contributed by atoms with Crippen molar-refractivity contribution in [3.8, 4) is 17.0 Å². The number of rotatable bonds is 8. The Kier molecular flexibility index (Phi) is 7.20. The first-order chi connectivity index (χ1) is 16.4. The van der Waals surface area contributed by atoms with Crippen LogP contribution in [-0.2, 0) is 25.5 Å². The van der Waals surface area contributed by atoms with Gasteiger partial charge >= 0.3 is 5.97 Å². The standard InChI is InChI=1S/C22H22N4O6S2/c1-12-20(21(29)31-3)34-22(23-12)25-17(27)9-26-15-8-13(4-5-16(15)32-10-19(26)28)14-11-33-18(24-14)6-7-30-2/h4-5,8,11H,6-7,9-10H2,1-3H3,(H,23,25,27). The molecule has 1 aliphatic heterocycles. The average molecular weight is 503 g/mol. The number of fused-ring (bicyclic) bond motifs is 1. The third-order valence-electron chi connectivity index (χ3n) is 4.98. The number of hydrogen-bond donors (Lipinski definition) is 1. The van der Waals surface area contributed by atoms with E-state index in [-0.39, 0.29) is 24.2 Å². The second kappa shape index (κ2) is 10.3. The quantitative estimate of drug-likeness (QED) is 0.467. The van der Waals surface area contributed by atoms with Gasteiger partial charge < -0.3 is 19.5 Å². The molecule has 1 aliphatic rings. The van der Waals surface area contributed by atoms with Gasteiger partial charge in [0.1, 0.15) is 17.2 Å². The number of aromatic nitrogens is 2. The molecule has 12 heteroatoms. The second-order valence-corrected chi connectivity index (χ2v) is 9.24. The zero-order valence-corrected chi connectivity index (χ0v) is 20.4. The zero-order chi connectivity index (χ0) is 24.2. The Morgan fingerprint density at radius 3 is 2.85 bits per heavy atom. The number of hydrogen-bond acceptors (Lipinski definition) is 10. The number of thiazole rings is 2. The number of benzene rings is 1. The van der Waals surface area contributed by atoms with Gasteiger partial charge in [0, 0.05) is 24.5 Å². The number of methoxy groups -OCH3 is 2. The number of nitrogens with zero attached hydrogens (tertiary/aromatic N) is 3. The molecule has 10 nitrogen and oxygen atoms in total. The van der Waals surface area contributed by atoms with Crippen molar-refractivity contribution in [1.82, 2.24) is 9.97 Å². The van der Waals surface area contributed by atoms with Gasteiger partial charge in [-0.05, 0) is 25.1 Å². The molecule has 3 heterocycles. The predicted octanol–water partition coefficient (Wildman–Crippen LogP) is 2.91. The zero-order valence-electron chi connectivity index (χ0n) is 18.7. The topological polar surface area (TPSA) is 120 Å². The van der Waals surface area contributed by atoms with Gasteiger partial charge in [0.25, 0.3) is 5.91 Å². The Morgan fingerprint density at radius 2 is 2.09 bits per heavy atom. The van der Waals surface area contributed by atoms with Crippen molar-refractivity contribution < 1.29 is 28.6 Å². The molecule has 34 heavy (non-hydrogen) atoms. The highest BCUT2D eigenvalue weighted by Gasteiger charge is 2.28. The van der Waals surface area contributed by atoms with E-state index in [1.807, 2.05) is 11.4 Å². The molecule has 0 fully saturated rings. The third kappa shape index (κ3) is 5.08. The van der Waals surface area contributed by atoms with Crippen molar-refractivity contribution in [2.75, 3.05) is 44.2 Å². The van der Waals surface area contributed by atoms with Gasteiger partial charge in [-0.3, -0.25) is 14.5 Å². The van der Waals surface area contributed by atoms with Crippen LogP contribution in [0.5, 0.6) is 5.75 Å². The maximum Gasteiger partial charge on any atom is 0.350 e. The first-order valence-electron chi connectivity index (χ1n) is 10.3. The van der Waals surface area contributed by atoms with Gasteiger partial charge in [0.05, 0.1) is 35.8 Å². The Balaban J connectivity index is 1.53. The fourth-order valence-electron chi connectivity index (χ4n) is 3.32. The maximum absolute atomic E-state index is 12.7. The van der Waals surface area contributed by atoms with Crippen molar-refractivity contribution in [2.24, 2.45) is 0 Å². The van der Waals surface area contributed by atoms with Crippen LogP contribution < -0.4 is 15.0 Å². The molecule has 0 spiro atoms. The number of carbonyl (C=O) groups is 3. The van der Waals surface area contributed by atoms with Crippen LogP contribution in [0, 0.1) is 6.92 Å². The molecule has 3 aromatic rings. The van der Waals surface area contributed by atoms with Gasteiger partial charge in [0.2, 0.25) is 5.91 Å². The lowest BCUT2D eigenvalue weighted by molar-refractivity contribution is -0.123. The van der Waals surface area contributed by atoms with Crippen LogP contribution >= 0.6 is 22.7 Å². The molecule has 1 N–H and O–H groups in total. The summed E-state index contributed by atoms with van der Waals surface area (Å²) in [4.78, 5) is 47.7. The minimum Gasteiger partial charge on any atom is -0.482 e. The normalized spacial score (nSPS) is 12.8. The first kappa shape index (κ1) is 23.8. The van der Waals surface area contributed by atoms with E-state index in [4.69, 9.17) is 14.2 Å². The fraction of sp³-hybridized carbons (Fsp3) is 0.318. The third-order valence-corrected chi connectivity index (χ3v) is 6.95. The lowest BCUT2D eigenvalue weighted by Crippen LogP contribution is -2.43. The van der Waals surface area contributed by atoms with Gasteiger partial charge in [0.15, 0.2) is 11.7 Å². The lowest BCUT2D eigenvalue weighted by Gasteiger charge is -2.29. The second-order valence-electron chi connectivity index (χ2n) is 7.29. The van der Waals surface area contributed by atoms with Crippen molar-refractivity contribution in [1.29, 1.82) is 0 Å². The molecule has 0 aliphatic carbocycles. The highest BCUT2D eigenvalue weighted by molar-refractivity contribution is 7.17. The summed E-state index contributed by atoms with van der Waals surface area (Å²) >= 11 is 2.55. The molecular formula is C22H22N4O6S2. The number of anilines is 2. The molecule has 1 aromatic carbocycles. The fourth-order valence-corrected chi connectivity index (χ4v) is 5.01. The maximum atomic E-state index is 12.7. The number of carbonyl (C=O) groups excluding carboxylic acids is 3. The van der Waals surface area contributed by atoms with Gasteiger partial charge in [-0.15, -0.1) is 11.3 Å². The van der Waals surface area contributed by atoms with Crippen molar-refractivity contribution in [2.45, 2.75) is 13.3 Å². The Labute approximate surface area is 203 Å². The molecule has 0 bridgehead atoms. The van der Waals surface area contributed by atoms with Gasteiger partial charge in [-0.2, -0.15) is 0 Å². The van der Waals surface area contributed by atoms with E-state index < -0.39 is 11.9 Å². The molecular weight excluding hydrogens is 480 g/mol. The highest BCUT2D eigenvalue weighted by Crippen LogP contribution is 2.36. The van der Waals surface area contributed by atoms with Crippen LogP contribution in [-0.4, -0.2) is 61.7 Å². The van der Waals surface area contributed by atoms with Crippen molar-refractivity contribution >= 4 is 51.3 Å². The van der Waals surface area contributed by atoms with Crippen LogP contribution in [0.1, 0.15) is 20.4 Å². The SMILES string of the molecule is COCCc1nc(-c2ccc3c(c2)N(CC(=O)Nc2nc(C)c(C(=O)OC)s2)C(=O)CO3)cs1. The van der Waals surface area contributed by atoms with Crippen molar-refractivity contribution in [3.63, 3.8) is 0 Å². The number of esters is 1. The van der Waals surface area contributed by atoms with Crippen LogP contribution in [0.15, 0.2) is 23.6 Å². The van der Waals surface area contributed by atoms with Crippen LogP contribution in [0.25, 0.3) is 11.3 Å². The molecule has 0 atom stereocenters. The highest BCUT2D eigenvalue weighted by atomic mass is 32.1. The van der Waals surface area contributed by atoms with Crippen molar-refractivity contribution in [3.05, 3.63) is 39.2 Å². The summed E-state index contributed by atoms with van der Waals surface area (Å²) in [6.45, 7) is 1.84. The summed E-state index contributed by atoms with van der Waals surface area (Å²) in [6, 6.07) is 5.43. The number of amides is 2. The Morgan fingerprint density at radius 1 is 1.26 bits per heavy atom. The monoisotopic (exact) mass is 502 g/mol. The van der Waals surface area contributed by atoms with E-state index in [1.165, 1.54) is 23.3 Å². The first-order valence-corrected chi connectivity index (χ1v) is 12.0. The largest absolute Gasteiger partial charge is 0.482 e. The molecule has 2 amide bonds. The minimum atomic E-state index is -0.521. The van der Waals surface area contributed by atoms with Gasteiger partial charge in [-0.1, -0.05) is 11.3 Å². The summed E-state index contributed by atoms with van der Waals surface area (Å²) in [5, 5.41) is 5.80. The van der Waals surface area contributed by atoms with Gasteiger partial charge in [-0.25, -0.2) is 14.8 Å². The van der Waals surface area contributed by atoms with Crippen LogP contribution in [0.4, 0.5) is 10.8 Å². The van der Waals surface area contributed by atoms with Crippen LogP contribution in [0.3, 0.4) is 0 Å². The molecule has 0 saturated heterocycles. The Bertz CT molecular complexity index is 1240. The van der Waals surface area contributed by atoms with E-state index in [9.17, 15) is 14.4 Å². The molecule has 178 valence electrons. The van der Waals surface area contributed by atoms with E-state index in [0.717, 1.165) is 27.6 Å². The van der Waals surface area contributed by atoms with E-state index >= 15 is 0 Å². The Hall–Kier alpha value is -3.35. The average Bonchev–Trinajstić information content (AvgIpc) is 3.45. The van der Waals surface area contributed by atoms with E-state index in [2.05, 4.69) is 15.3 Å². The van der Waals surface area contributed by atoms with Crippen LogP contribution in [0.2, 0.25) is 0 Å². The number of aryl methyl sites for hydroxylation is 1. The van der Waals surface area contributed by atoms with E-state index in [0.29, 0.717) is 35.0 Å². The molecule has 2 aromatic heterocycles. The molecule has 4 rings (SSSR count). The summed E-state index contributed by atoms with van der Waals surface area (Å²) in [7, 11) is 2.93.